The Morgan fingerprint density at radius 1 is 1.32 bits per heavy atom. The van der Waals surface area contributed by atoms with Crippen LogP contribution in [0.3, 0.4) is 0 Å². The van der Waals surface area contributed by atoms with Crippen LogP contribution in [0.4, 0.5) is 0 Å². The summed E-state index contributed by atoms with van der Waals surface area (Å²) in [5.74, 6) is 2.56. The van der Waals surface area contributed by atoms with E-state index in [0.29, 0.717) is 12.3 Å². The lowest BCUT2D eigenvalue weighted by Gasteiger charge is -2.33. The molecule has 0 N–H and O–H groups in total. The largest absolute Gasteiger partial charge is 0.342 e. The average molecular weight is 359 g/mol. The number of carbonyl (C=O) groups excluding carboxylic acids is 1. The minimum absolute atomic E-state index is 0.201. The van der Waals surface area contributed by atoms with Crippen molar-refractivity contribution in [2.75, 3.05) is 13.1 Å². The van der Waals surface area contributed by atoms with Crippen LogP contribution in [0.1, 0.15) is 54.5 Å². The van der Waals surface area contributed by atoms with E-state index in [1.807, 2.05) is 23.4 Å². The molecular weight excluding hydrogens is 332 g/mol. The number of rotatable bonds is 5. The first-order chi connectivity index (χ1) is 12.2. The summed E-state index contributed by atoms with van der Waals surface area (Å²) in [7, 11) is 0. The molecule has 134 valence electrons. The van der Waals surface area contributed by atoms with Gasteiger partial charge in [0.15, 0.2) is 0 Å². The Morgan fingerprint density at radius 2 is 2.20 bits per heavy atom. The predicted molar refractivity (Wildman–Crippen MR) is 98.7 cm³/mol. The zero-order chi connectivity index (χ0) is 17.2. The normalized spacial score (nSPS) is 21.3. The third kappa shape index (κ3) is 3.78. The van der Waals surface area contributed by atoms with Crippen LogP contribution in [-0.4, -0.2) is 38.4 Å². The molecule has 0 spiro atoms. The molecule has 5 nitrogen and oxygen atoms in total. The highest BCUT2D eigenvalue weighted by atomic mass is 32.1. The molecule has 1 atom stereocenters. The van der Waals surface area contributed by atoms with Gasteiger partial charge in [-0.3, -0.25) is 4.79 Å². The van der Waals surface area contributed by atoms with Gasteiger partial charge in [-0.15, -0.1) is 11.3 Å². The molecule has 25 heavy (non-hydrogen) atoms. The number of likely N-dealkylation sites (tertiary alicyclic amines) is 1. The molecule has 0 bridgehead atoms. The minimum atomic E-state index is 0.201. The number of aromatic nitrogens is 3. The van der Waals surface area contributed by atoms with E-state index in [4.69, 9.17) is 0 Å². The molecule has 1 amide bonds. The Morgan fingerprint density at radius 3 is 2.92 bits per heavy atom. The Kier molecular flexibility index (Phi) is 4.88. The minimum Gasteiger partial charge on any atom is -0.342 e. The fourth-order valence-electron chi connectivity index (χ4n) is 3.96. The van der Waals surface area contributed by atoms with Crippen LogP contribution in [0.25, 0.3) is 0 Å². The van der Waals surface area contributed by atoms with Gasteiger partial charge < -0.3 is 9.47 Å². The molecule has 4 rings (SSSR count). The van der Waals surface area contributed by atoms with Gasteiger partial charge in [0.1, 0.15) is 5.82 Å². The van der Waals surface area contributed by atoms with Crippen molar-refractivity contribution in [2.45, 2.75) is 57.9 Å². The highest BCUT2D eigenvalue weighted by molar-refractivity contribution is 7.09. The summed E-state index contributed by atoms with van der Waals surface area (Å²) in [5.41, 5.74) is 0.904. The van der Waals surface area contributed by atoms with Crippen LogP contribution in [0.2, 0.25) is 0 Å². The van der Waals surface area contributed by atoms with E-state index in [-0.39, 0.29) is 5.91 Å². The summed E-state index contributed by atoms with van der Waals surface area (Å²) >= 11 is 1.61. The van der Waals surface area contributed by atoms with Crippen molar-refractivity contribution in [1.82, 2.24) is 19.4 Å². The van der Waals surface area contributed by atoms with Crippen molar-refractivity contribution in [1.29, 1.82) is 0 Å². The molecule has 2 aromatic heterocycles. The van der Waals surface area contributed by atoms with Crippen molar-refractivity contribution < 1.29 is 4.79 Å². The SMILES string of the molecule is Cc1nc(CC(=O)N2CCC[C@H](c3nccn3CC3CCC3)C2)cs1. The van der Waals surface area contributed by atoms with Gasteiger partial charge in [0.25, 0.3) is 0 Å². The van der Waals surface area contributed by atoms with Crippen molar-refractivity contribution in [3.63, 3.8) is 0 Å². The summed E-state index contributed by atoms with van der Waals surface area (Å²) in [5, 5.41) is 3.03. The second-order valence-electron chi connectivity index (χ2n) is 7.45. The maximum absolute atomic E-state index is 12.7. The zero-order valence-corrected chi connectivity index (χ0v) is 15.7. The molecule has 0 aromatic carbocycles. The zero-order valence-electron chi connectivity index (χ0n) is 14.9. The summed E-state index contributed by atoms with van der Waals surface area (Å²) in [6.07, 6.45) is 10.7. The van der Waals surface area contributed by atoms with Gasteiger partial charge in [0.05, 0.1) is 17.1 Å². The fraction of sp³-hybridized carbons (Fsp3) is 0.632. The van der Waals surface area contributed by atoms with Crippen molar-refractivity contribution >= 4 is 17.2 Å². The summed E-state index contributed by atoms with van der Waals surface area (Å²) in [4.78, 5) is 23.8. The number of amides is 1. The molecular formula is C19H26N4OS. The van der Waals surface area contributed by atoms with Crippen molar-refractivity contribution in [3.05, 3.63) is 34.3 Å². The summed E-state index contributed by atoms with van der Waals surface area (Å²) < 4.78 is 2.34. The van der Waals surface area contributed by atoms with E-state index in [1.54, 1.807) is 11.3 Å². The molecule has 6 heteroatoms. The van der Waals surface area contributed by atoms with E-state index in [2.05, 4.69) is 20.7 Å². The summed E-state index contributed by atoms with van der Waals surface area (Å²) in [6.45, 7) is 4.74. The van der Waals surface area contributed by atoms with E-state index in [1.165, 1.54) is 25.1 Å². The Bertz CT molecular complexity index is 733. The number of imidazole rings is 1. The smallest absolute Gasteiger partial charge is 0.228 e. The number of piperidine rings is 1. The lowest BCUT2D eigenvalue weighted by atomic mass is 9.85. The Labute approximate surface area is 153 Å². The Balaban J connectivity index is 1.40. The lowest BCUT2D eigenvalue weighted by Crippen LogP contribution is -2.40. The third-order valence-corrected chi connectivity index (χ3v) is 6.39. The molecule has 1 saturated carbocycles. The van der Waals surface area contributed by atoms with E-state index < -0.39 is 0 Å². The van der Waals surface area contributed by atoms with E-state index >= 15 is 0 Å². The fourth-order valence-corrected chi connectivity index (χ4v) is 4.57. The summed E-state index contributed by atoms with van der Waals surface area (Å²) in [6, 6.07) is 0. The van der Waals surface area contributed by atoms with Crippen LogP contribution in [0, 0.1) is 12.8 Å². The van der Waals surface area contributed by atoms with Gasteiger partial charge >= 0.3 is 0 Å². The lowest BCUT2D eigenvalue weighted by molar-refractivity contribution is -0.131. The van der Waals surface area contributed by atoms with Crippen LogP contribution in [0.5, 0.6) is 0 Å². The molecule has 0 radical (unpaired) electrons. The first-order valence-electron chi connectivity index (χ1n) is 9.39. The van der Waals surface area contributed by atoms with E-state index in [9.17, 15) is 4.79 Å². The molecule has 2 fully saturated rings. The predicted octanol–water partition coefficient (Wildman–Crippen LogP) is 3.40. The van der Waals surface area contributed by atoms with Crippen molar-refractivity contribution in [3.8, 4) is 0 Å². The van der Waals surface area contributed by atoms with Gasteiger partial charge in [-0.25, -0.2) is 9.97 Å². The molecule has 1 aliphatic carbocycles. The highest BCUT2D eigenvalue weighted by Crippen LogP contribution is 2.31. The van der Waals surface area contributed by atoms with Gasteiger partial charge in [-0.1, -0.05) is 6.42 Å². The second-order valence-corrected chi connectivity index (χ2v) is 8.51. The number of aryl methyl sites for hydroxylation is 1. The molecule has 0 unspecified atom stereocenters. The van der Waals surface area contributed by atoms with Gasteiger partial charge in [0.2, 0.25) is 5.91 Å². The topological polar surface area (TPSA) is 51.0 Å². The van der Waals surface area contributed by atoms with Gasteiger partial charge in [-0.05, 0) is 38.5 Å². The first-order valence-corrected chi connectivity index (χ1v) is 10.3. The Hall–Kier alpha value is -1.69. The van der Waals surface area contributed by atoms with Crippen LogP contribution in [-0.2, 0) is 17.8 Å². The monoisotopic (exact) mass is 358 g/mol. The van der Waals surface area contributed by atoms with Crippen LogP contribution >= 0.6 is 11.3 Å². The number of thiazole rings is 1. The molecule has 2 aliphatic rings. The number of carbonyl (C=O) groups is 1. The van der Waals surface area contributed by atoms with Gasteiger partial charge in [0, 0.05) is 43.3 Å². The van der Waals surface area contributed by atoms with Gasteiger partial charge in [-0.2, -0.15) is 0 Å². The second kappa shape index (κ2) is 7.28. The third-order valence-electron chi connectivity index (χ3n) is 5.57. The molecule has 1 aliphatic heterocycles. The number of hydrogen-bond donors (Lipinski definition) is 0. The molecule has 2 aromatic rings. The maximum atomic E-state index is 12.7. The highest BCUT2D eigenvalue weighted by Gasteiger charge is 2.28. The molecule has 1 saturated heterocycles. The molecule has 3 heterocycles. The number of hydrogen-bond acceptors (Lipinski definition) is 4. The maximum Gasteiger partial charge on any atom is 0.228 e. The first kappa shape index (κ1) is 16.8. The number of nitrogens with zero attached hydrogens (tertiary/aromatic N) is 4. The van der Waals surface area contributed by atoms with E-state index in [0.717, 1.165) is 49.1 Å². The quantitative estimate of drug-likeness (QED) is 0.823. The van der Waals surface area contributed by atoms with Crippen LogP contribution < -0.4 is 0 Å². The van der Waals surface area contributed by atoms with Crippen LogP contribution in [0.15, 0.2) is 17.8 Å². The average Bonchev–Trinajstić information content (AvgIpc) is 3.20. The standard InChI is InChI=1S/C19H26N4OS/c1-14-21-17(13-25-14)10-18(24)22-8-3-6-16(12-22)19-20-7-9-23(19)11-15-4-2-5-15/h7,9,13,15-16H,2-6,8,10-12H2,1H3/t16-/m0/s1. The van der Waals surface area contributed by atoms with Crippen molar-refractivity contribution in [2.24, 2.45) is 5.92 Å².